The molecule has 7 heteroatoms. The first-order valence-corrected chi connectivity index (χ1v) is 7.05. The van der Waals surface area contributed by atoms with Crippen LogP contribution >= 0.6 is 12.2 Å². The molecule has 1 amide bonds. The van der Waals surface area contributed by atoms with Crippen LogP contribution in [0.2, 0.25) is 0 Å². The highest BCUT2D eigenvalue weighted by Crippen LogP contribution is 2.18. The Morgan fingerprint density at radius 1 is 1.35 bits per heavy atom. The van der Waals surface area contributed by atoms with E-state index in [1.54, 1.807) is 17.1 Å². The molecule has 0 spiro atoms. The van der Waals surface area contributed by atoms with Crippen molar-refractivity contribution in [1.82, 2.24) is 19.4 Å². The third-order valence-corrected chi connectivity index (χ3v) is 4.50. The van der Waals surface area contributed by atoms with Gasteiger partial charge in [-0.25, -0.2) is 4.98 Å². The predicted molar refractivity (Wildman–Crippen MR) is 81.5 cm³/mol. The predicted octanol–water partition coefficient (Wildman–Crippen LogP) is 0.243. The lowest BCUT2D eigenvalue weighted by Crippen LogP contribution is -2.59. The molecule has 2 heterocycles. The Hall–Kier alpha value is -1.47. The summed E-state index contributed by atoms with van der Waals surface area (Å²) >= 11 is 5.12. The fraction of sp³-hybridized carbons (Fsp3) is 0.615. The summed E-state index contributed by atoms with van der Waals surface area (Å²) < 4.78 is 1.74. The van der Waals surface area contributed by atoms with Crippen LogP contribution in [0.15, 0.2) is 12.5 Å². The SMILES string of the molecule is Cn1cncc1C(=O)N1CCN(C(C)(C)C(N)=S)CC1. The average Bonchev–Trinajstić information content (AvgIpc) is 2.84. The lowest BCUT2D eigenvalue weighted by atomic mass is 10.0. The number of hydrogen-bond acceptors (Lipinski definition) is 4. The topological polar surface area (TPSA) is 67.4 Å². The summed E-state index contributed by atoms with van der Waals surface area (Å²) in [5, 5.41) is 0. The highest BCUT2D eigenvalue weighted by molar-refractivity contribution is 7.80. The maximum atomic E-state index is 12.4. The molecule has 1 aromatic heterocycles. The second kappa shape index (κ2) is 5.49. The van der Waals surface area contributed by atoms with E-state index in [0.717, 1.165) is 13.1 Å². The summed E-state index contributed by atoms with van der Waals surface area (Å²) in [7, 11) is 1.83. The molecule has 0 aromatic carbocycles. The number of hydrogen-bond donors (Lipinski definition) is 1. The summed E-state index contributed by atoms with van der Waals surface area (Å²) in [4.78, 5) is 20.9. The van der Waals surface area contributed by atoms with Gasteiger partial charge in [0.1, 0.15) is 5.69 Å². The molecule has 1 aliphatic rings. The molecule has 0 radical (unpaired) electrons. The Kier molecular flexibility index (Phi) is 4.10. The standard InChI is InChI=1S/C13H21N5OS/c1-13(2,12(14)20)18-6-4-17(5-7-18)11(19)10-8-15-9-16(10)3/h8-9H,4-7H2,1-3H3,(H2,14,20). The maximum Gasteiger partial charge on any atom is 0.272 e. The Morgan fingerprint density at radius 2 is 1.95 bits per heavy atom. The number of imidazole rings is 1. The van der Waals surface area contributed by atoms with Gasteiger partial charge in [0.25, 0.3) is 5.91 Å². The minimum Gasteiger partial charge on any atom is -0.392 e. The number of nitrogens with zero attached hydrogens (tertiary/aromatic N) is 4. The van der Waals surface area contributed by atoms with E-state index >= 15 is 0 Å². The summed E-state index contributed by atoms with van der Waals surface area (Å²) in [5.74, 6) is 0.0257. The zero-order chi connectivity index (χ0) is 14.9. The first-order chi connectivity index (χ1) is 9.34. The summed E-state index contributed by atoms with van der Waals surface area (Å²) in [6.45, 7) is 6.94. The molecule has 2 rings (SSSR count). The van der Waals surface area contributed by atoms with Crippen LogP contribution < -0.4 is 5.73 Å². The largest absolute Gasteiger partial charge is 0.392 e. The van der Waals surface area contributed by atoms with Crippen LogP contribution in [0.5, 0.6) is 0 Å². The average molecular weight is 295 g/mol. The fourth-order valence-corrected chi connectivity index (χ4v) is 2.48. The van der Waals surface area contributed by atoms with Gasteiger partial charge < -0.3 is 15.2 Å². The molecule has 0 bridgehead atoms. The van der Waals surface area contributed by atoms with Crippen molar-refractivity contribution in [2.24, 2.45) is 12.8 Å². The normalized spacial score (nSPS) is 17.2. The minimum atomic E-state index is -0.309. The van der Waals surface area contributed by atoms with Crippen molar-refractivity contribution in [1.29, 1.82) is 0 Å². The maximum absolute atomic E-state index is 12.4. The van der Waals surface area contributed by atoms with Gasteiger partial charge in [-0.15, -0.1) is 0 Å². The third kappa shape index (κ3) is 2.69. The summed E-state index contributed by atoms with van der Waals surface area (Å²) in [6.07, 6.45) is 3.24. The smallest absolute Gasteiger partial charge is 0.272 e. The molecule has 1 aliphatic heterocycles. The van der Waals surface area contributed by atoms with Crippen LogP contribution in [0.25, 0.3) is 0 Å². The first-order valence-electron chi connectivity index (χ1n) is 6.64. The van der Waals surface area contributed by atoms with Crippen LogP contribution in [0.3, 0.4) is 0 Å². The number of thiocarbonyl (C=S) groups is 1. The van der Waals surface area contributed by atoms with Gasteiger partial charge in [-0.2, -0.15) is 0 Å². The Labute approximate surface area is 124 Å². The van der Waals surface area contributed by atoms with E-state index in [0.29, 0.717) is 23.8 Å². The summed E-state index contributed by atoms with van der Waals surface area (Å²) in [6, 6.07) is 0. The molecular formula is C13H21N5OS. The first kappa shape index (κ1) is 14.9. The number of aryl methyl sites for hydroxylation is 1. The molecular weight excluding hydrogens is 274 g/mol. The van der Waals surface area contributed by atoms with Gasteiger partial charge in [0.15, 0.2) is 0 Å². The lowest BCUT2D eigenvalue weighted by molar-refractivity contribution is 0.0531. The van der Waals surface area contributed by atoms with Crippen molar-refractivity contribution in [3.05, 3.63) is 18.2 Å². The van der Waals surface area contributed by atoms with Gasteiger partial charge in [0.05, 0.1) is 23.1 Å². The van der Waals surface area contributed by atoms with Crippen LogP contribution in [0.1, 0.15) is 24.3 Å². The molecule has 110 valence electrons. The van der Waals surface area contributed by atoms with Gasteiger partial charge in [-0.3, -0.25) is 9.69 Å². The van der Waals surface area contributed by atoms with Crippen molar-refractivity contribution < 1.29 is 4.79 Å². The van der Waals surface area contributed by atoms with E-state index in [9.17, 15) is 4.79 Å². The van der Waals surface area contributed by atoms with E-state index in [-0.39, 0.29) is 11.4 Å². The molecule has 20 heavy (non-hydrogen) atoms. The van der Waals surface area contributed by atoms with Crippen LogP contribution in [0, 0.1) is 0 Å². The van der Waals surface area contributed by atoms with Crippen LogP contribution in [-0.2, 0) is 7.05 Å². The second-order valence-electron chi connectivity index (χ2n) is 5.59. The molecule has 1 aromatic rings. The number of nitrogens with two attached hydrogens (primary N) is 1. The lowest BCUT2D eigenvalue weighted by Gasteiger charge is -2.43. The monoisotopic (exact) mass is 295 g/mol. The summed E-state index contributed by atoms with van der Waals surface area (Å²) in [5.41, 5.74) is 6.10. The Morgan fingerprint density at radius 3 is 2.40 bits per heavy atom. The zero-order valence-electron chi connectivity index (χ0n) is 12.2. The van der Waals surface area contributed by atoms with Crippen LogP contribution in [0.4, 0.5) is 0 Å². The van der Waals surface area contributed by atoms with Crippen molar-refractivity contribution in [3.63, 3.8) is 0 Å². The molecule has 1 saturated heterocycles. The van der Waals surface area contributed by atoms with Crippen molar-refractivity contribution >= 4 is 23.1 Å². The van der Waals surface area contributed by atoms with E-state index in [1.165, 1.54) is 0 Å². The van der Waals surface area contributed by atoms with Crippen LogP contribution in [-0.4, -0.2) is 62.0 Å². The van der Waals surface area contributed by atoms with Crippen molar-refractivity contribution in [2.75, 3.05) is 26.2 Å². The number of carbonyl (C=O) groups is 1. The number of piperazine rings is 1. The van der Waals surface area contributed by atoms with Gasteiger partial charge in [0, 0.05) is 33.2 Å². The molecule has 0 unspecified atom stereocenters. The van der Waals surface area contributed by atoms with E-state index in [4.69, 9.17) is 18.0 Å². The zero-order valence-corrected chi connectivity index (χ0v) is 13.0. The molecule has 0 aliphatic carbocycles. The van der Waals surface area contributed by atoms with Gasteiger partial charge in [0.2, 0.25) is 0 Å². The van der Waals surface area contributed by atoms with Crippen molar-refractivity contribution in [3.8, 4) is 0 Å². The number of amides is 1. The Balaban J connectivity index is 2.00. The number of aromatic nitrogens is 2. The van der Waals surface area contributed by atoms with Crippen molar-refractivity contribution in [2.45, 2.75) is 19.4 Å². The molecule has 2 N–H and O–H groups in total. The van der Waals surface area contributed by atoms with Gasteiger partial charge in [-0.05, 0) is 13.8 Å². The second-order valence-corrected chi connectivity index (χ2v) is 6.03. The van der Waals surface area contributed by atoms with E-state index in [1.807, 2.05) is 25.8 Å². The molecule has 1 fully saturated rings. The molecule has 0 atom stereocenters. The third-order valence-electron chi connectivity index (χ3n) is 4.00. The van der Waals surface area contributed by atoms with Gasteiger partial charge in [-0.1, -0.05) is 12.2 Å². The quantitative estimate of drug-likeness (QED) is 0.809. The van der Waals surface area contributed by atoms with E-state index < -0.39 is 0 Å². The number of carbonyl (C=O) groups excluding carboxylic acids is 1. The van der Waals surface area contributed by atoms with E-state index in [2.05, 4.69) is 9.88 Å². The minimum absolute atomic E-state index is 0.0257. The molecule has 0 saturated carbocycles. The number of rotatable bonds is 3. The van der Waals surface area contributed by atoms with Gasteiger partial charge >= 0.3 is 0 Å². The molecule has 6 nitrogen and oxygen atoms in total. The Bertz CT molecular complexity index is 517. The highest BCUT2D eigenvalue weighted by atomic mass is 32.1. The highest BCUT2D eigenvalue weighted by Gasteiger charge is 2.33. The fourth-order valence-electron chi connectivity index (χ4n) is 2.35.